The molecule has 0 aromatic heterocycles. The van der Waals surface area contributed by atoms with Crippen molar-refractivity contribution in [2.24, 2.45) is 0 Å². The lowest BCUT2D eigenvalue weighted by atomic mass is 10.0. The maximum atomic E-state index is 14.4. The number of carbonyl (C=O) groups is 2. The van der Waals surface area contributed by atoms with Gasteiger partial charge in [0.15, 0.2) is 0 Å². The van der Waals surface area contributed by atoms with E-state index in [4.69, 9.17) is 4.74 Å². The Labute approximate surface area is 186 Å². The number of hydrogen-bond donors (Lipinski definition) is 0. The molecule has 1 heterocycles. The molecule has 2 aromatic carbocycles. The summed E-state index contributed by atoms with van der Waals surface area (Å²) in [6, 6.07) is 4.97. The molecule has 0 bridgehead atoms. The van der Waals surface area contributed by atoms with Crippen LogP contribution >= 0.6 is 0 Å². The van der Waals surface area contributed by atoms with Crippen LogP contribution in [0.1, 0.15) is 34.6 Å². The first-order valence-corrected chi connectivity index (χ1v) is 9.92. The van der Waals surface area contributed by atoms with Gasteiger partial charge in [0.05, 0.1) is 18.2 Å². The van der Waals surface area contributed by atoms with E-state index in [0.717, 1.165) is 18.2 Å². The van der Waals surface area contributed by atoms with Crippen LogP contribution in [-0.2, 0) is 0 Å². The Morgan fingerprint density at radius 2 is 1.36 bits per heavy atom. The molecule has 1 fully saturated rings. The van der Waals surface area contributed by atoms with Gasteiger partial charge >= 0.3 is 6.36 Å². The molecule has 0 radical (unpaired) electrons. The lowest BCUT2D eigenvalue weighted by Gasteiger charge is -2.44. The van der Waals surface area contributed by atoms with Gasteiger partial charge in [-0.2, -0.15) is 0 Å². The Morgan fingerprint density at radius 1 is 0.879 bits per heavy atom. The predicted molar refractivity (Wildman–Crippen MR) is 107 cm³/mol. The SMILES string of the molecule is COc1ccc(C(=O)N2C[C@@H](C)N(C(=O)c3ccc(OC(F)(F)F)cc3F)[C@H](C)C2)c(F)c1. The summed E-state index contributed by atoms with van der Waals surface area (Å²) >= 11 is 0. The molecule has 11 heteroatoms. The third-order valence-electron chi connectivity index (χ3n) is 5.25. The lowest BCUT2D eigenvalue weighted by molar-refractivity contribution is -0.274. The molecule has 2 atom stereocenters. The number of ether oxygens (including phenoxy) is 2. The van der Waals surface area contributed by atoms with Crippen LogP contribution in [0.2, 0.25) is 0 Å². The Kier molecular flexibility index (Phi) is 6.80. The number of halogens is 5. The molecule has 178 valence electrons. The normalized spacial score (nSPS) is 18.8. The summed E-state index contributed by atoms with van der Waals surface area (Å²) in [5.41, 5.74) is -0.578. The van der Waals surface area contributed by atoms with Crippen molar-refractivity contribution in [3.63, 3.8) is 0 Å². The lowest BCUT2D eigenvalue weighted by Crippen LogP contribution is -2.60. The van der Waals surface area contributed by atoms with Gasteiger partial charge in [0.1, 0.15) is 23.1 Å². The fraction of sp³-hybridized carbons (Fsp3) is 0.364. The number of rotatable bonds is 4. The van der Waals surface area contributed by atoms with Crippen LogP contribution in [0.3, 0.4) is 0 Å². The van der Waals surface area contributed by atoms with Crippen molar-refractivity contribution in [2.75, 3.05) is 20.2 Å². The van der Waals surface area contributed by atoms with Gasteiger partial charge in [0, 0.05) is 37.3 Å². The summed E-state index contributed by atoms with van der Waals surface area (Å²) < 4.78 is 74.3. The van der Waals surface area contributed by atoms with Crippen molar-refractivity contribution in [3.05, 3.63) is 59.2 Å². The van der Waals surface area contributed by atoms with E-state index in [0.29, 0.717) is 6.07 Å². The van der Waals surface area contributed by atoms with Gasteiger partial charge < -0.3 is 19.3 Å². The molecule has 33 heavy (non-hydrogen) atoms. The van der Waals surface area contributed by atoms with E-state index in [1.165, 1.54) is 29.0 Å². The number of piperazine rings is 1. The smallest absolute Gasteiger partial charge is 0.497 e. The average molecular weight is 472 g/mol. The van der Waals surface area contributed by atoms with E-state index in [9.17, 15) is 31.5 Å². The van der Waals surface area contributed by atoms with Crippen LogP contribution in [0.15, 0.2) is 36.4 Å². The number of hydrogen-bond acceptors (Lipinski definition) is 4. The first-order valence-electron chi connectivity index (χ1n) is 9.92. The van der Waals surface area contributed by atoms with Gasteiger partial charge in [0.25, 0.3) is 11.8 Å². The van der Waals surface area contributed by atoms with E-state index >= 15 is 0 Å². The van der Waals surface area contributed by atoms with Gasteiger partial charge in [-0.1, -0.05) is 0 Å². The number of methoxy groups -OCH3 is 1. The molecular formula is C22H21F5N2O4. The number of alkyl halides is 3. The first-order chi connectivity index (χ1) is 15.4. The van der Waals surface area contributed by atoms with E-state index in [1.54, 1.807) is 13.8 Å². The van der Waals surface area contributed by atoms with Crippen molar-refractivity contribution in [2.45, 2.75) is 32.3 Å². The summed E-state index contributed by atoms with van der Waals surface area (Å²) in [5, 5.41) is 0. The van der Waals surface area contributed by atoms with Gasteiger partial charge in [-0.3, -0.25) is 9.59 Å². The minimum Gasteiger partial charge on any atom is -0.497 e. The van der Waals surface area contributed by atoms with Crippen molar-refractivity contribution in [1.29, 1.82) is 0 Å². The highest BCUT2D eigenvalue weighted by Crippen LogP contribution is 2.27. The van der Waals surface area contributed by atoms with E-state index in [1.807, 2.05) is 0 Å². The summed E-state index contributed by atoms with van der Waals surface area (Å²) in [4.78, 5) is 28.5. The molecule has 0 N–H and O–H groups in total. The van der Waals surface area contributed by atoms with Gasteiger partial charge in [-0.15, -0.1) is 13.2 Å². The fourth-order valence-electron chi connectivity index (χ4n) is 3.86. The molecule has 2 aromatic rings. The minimum atomic E-state index is -4.99. The maximum Gasteiger partial charge on any atom is 0.573 e. The van der Waals surface area contributed by atoms with Crippen LogP contribution in [-0.4, -0.2) is 60.3 Å². The predicted octanol–water partition coefficient (Wildman–Crippen LogP) is 4.25. The molecule has 1 saturated heterocycles. The van der Waals surface area contributed by atoms with Gasteiger partial charge in [0.2, 0.25) is 0 Å². The molecule has 3 rings (SSSR count). The van der Waals surface area contributed by atoms with Gasteiger partial charge in [-0.05, 0) is 38.1 Å². The third-order valence-corrected chi connectivity index (χ3v) is 5.25. The Balaban J connectivity index is 1.76. The highest BCUT2D eigenvalue weighted by Gasteiger charge is 2.37. The number of nitrogens with zero attached hydrogens (tertiary/aromatic N) is 2. The highest BCUT2D eigenvalue weighted by atomic mass is 19.4. The molecule has 1 aliphatic heterocycles. The molecule has 0 unspecified atom stereocenters. The fourth-order valence-corrected chi connectivity index (χ4v) is 3.86. The first kappa shape index (κ1) is 24.3. The second kappa shape index (κ2) is 9.24. The minimum absolute atomic E-state index is 0.0528. The second-order valence-electron chi connectivity index (χ2n) is 7.66. The molecule has 0 spiro atoms. The Morgan fingerprint density at radius 3 is 1.85 bits per heavy atom. The summed E-state index contributed by atoms with van der Waals surface area (Å²) in [6.45, 7) is 3.38. The molecule has 0 saturated carbocycles. The second-order valence-corrected chi connectivity index (χ2v) is 7.66. The molecule has 0 aliphatic carbocycles. The zero-order valence-electron chi connectivity index (χ0n) is 18.0. The third kappa shape index (κ3) is 5.35. The summed E-state index contributed by atoms with van der Waals surface area (Å²) in [5.74, 6) is -3.75. The quantitative estimate of drug-likeness (QED) is 0.625. The molecule has 1 aliphatic rings. The highest BCUT2D eigenvalue weighted by molar-refractivity contribution is 5.97. The molecule has 2 amide bonds. The number of benzene rings is 2. The Hall–Kier alpha value is -3.37. The van der Waals surface area contributed by atoms with E-state index in [2.05, 4.69) is 4.74 Å². The molecule has 6 nitrogen and oxygen atoms in total. The summed E-state index contributed by atoms with van der Waals surface area (Å²) in [6.07, 6.45) is -4.99. The average Bonchev–Trinajstić information content (AvgIpc) is 2.71. The standard InChI is InChI=1S/C22H21F5N2O4/c1-12-10-28(20(30)16-6-4-14(32-3)8-18(16)23)11-13(2)29(12)21(31)17-7-5-15(9-19(17)24)33-22(25,26)27/h4-9,12-13H,10-11H2,1-3H3/t12-,13-/m1/s1. The van der Waals surface area contributed by atoms with Crippen LogP contribution in [0, 0.1) is 11.6 Å². The topological polar surface area (TPSA) is 59.1 Å². The van der Waals surface area contributed by atoms with Crippen molar-refractivity contribution >= 4 is 11.8 Å². The van der Waals surface area contributed by atoms with Crippen LogP contribution < -0.4 is 9.47 Å². The van der Waals surface area contributed by atoms with Crippen LogP contribution in [0.4, 0.5) is 22.0 Å². The van der Waals surface area contributed by atoms with Crippen molar-refractivity contribution < 1.29 is 41.0 Å². The largest absolute Gasteiger partial charge is 0.573 e. The zero-order chi connectivity index (χ0) is 24.5. The number of amides is 2. The molecular weight excluding hydrogens is 451 g/mol. The van der Waals surface area contributed by atoms with E-state index < -0.39 is 53.2 Å². The van der Waals surface area contributed by atoms with E-state index in [-0.39, 0.29) is 24.4 Å². The monoisotopic (exact) mass is 472 g/mol. The Bertz CT molecular complexity index is 1050. The zero-order valence-corrected chi connectivity index (χ0v) is 18.0. The summed E-state index contributed by atoms with van der Waals surface area (Å²) in [7, 11) is 1.37. The van der Waals surface area contributed by atoms with Crippen molar-refractivity contribution in [1.82, 2.24) is 9.80 Å². The van der Waals surface area contributed by atoms with Crippen LogP contribution in [0.25, 0.3) is 0 Å². The van der Waals surface area contributed by atoms with Gasteiger partial charge in [-0.25, -0.2) is 8.78 Å². The number of carbonyl (C=O) groups excluding carboxylic acids is 2. The van der Waals surface area contributed by atoms with Crippen LogP contribution in [0.5, 0.6) is 11.5 Å². The maximum absolute atomic E-state index is 14.4. The van der Waals surface area contributed by atoms with Crippen molar-refractivity contribution in [3.8, 4) is 11.5 Å².